The maximum absolute atomic E-state index is 16.0. The highest BCUT2D eigenvalue weighted by atomic mass is 19.3. The zero-order chi connectivity index (χ0) is 37.4. The van der Waals surface area contributed by atoms with Crippen molar-refractivity contribution in [2.24, 2.45) is 16.6 Å². The zero-order valence-electron chi connectivity index (χ0n) is 32.1. The van der Waals surface area contributed by atoms with E-state index < -0.39 is 29.3 Å². The standard InChI is InChI=1S/C37H55F3N8O.C3H8/c1-26-29-9-8-10-31(33(29)38)37(39,40)27-11-19-45(20-12-27)15-6-4-3-5-7-16-48-35(42)30(34(41)43-26)25-32(36(48)49)47-23-21-46(22-24-47)28-13-17-44(2)18-14-28;1-3-2/h8-10,25-28H,3-7,11-24,42H2,1-2H3,(H2,41,43);3H2,1-2H3/t26-;/m1./s1. The number of alkyl halides is 2. The molecule has 1 aromatic heterocycles. The van der Waals surface area contributed by atoms with Crippen LogP contribution in [0, 0.1) is 11.7 Å². The molecule has 3 saturated heterocycles. The van der Waals surface area contributed by atoms with Gasteiger partial charge in [-0.05, 0) is 91.3 Å². The summed E-state index contributed by atoms with van der Waals surface area (Å²) >= 11 is 0. The molecule has 0 radical (unpaired) electrons. The quantitative estimate of drug-likeness (QED) is 0.368. The van der Waals surface area contributed by atoms with Crippen molar-refractivity contribution >= 4 is 17.3 Å². The maximum atomic E-state index is 16.0. The first kappa shape index (κ1) is 40.1. The van der Waals surface area contributed by atoms with Gasteiger partial charge in [0.2, 0.25) is 0 Å². The second kappa shape index (κ2) is 18.3. The number of fused-ring (bicyclic) bond motifs is 9. The molecule has 4 N–H and O–H groups in total. The summed E-state index contributed by atoms with van der Waals surface area (Å²) in [5.74, 6) is -4.88. The van der Waals surface area contributed by atoms with E-state index in [9.17, 15) is 4.79 Å². The topological polar surface area (TPSA) is 99.4 Å². The zero-order valence-corrected chi connectivity index (χ0v) is 32.1. The number of piperazine rings is 1. The fourth-order valence-electron chi connectivity index (χ4n) is 8.36. The summed E-state index contributed by atoms with van der Waals surface area (Å²) < 4.78 is 49.4. The van der Waals surface area contributed by atoms with Gasteiger partial charge in [-0.2, -0.15) is 0 Å². The van der Waals surface area contributed by atoms with E-state index in [4.69, 9.17) is 11.5 Å². The van der Waals surface area contributed by atoms with E-state index in [0.29, 0.717) is 62.9 Å². The average molecular weight is 729 g/mol. The number of piperidine rings is 2. The van der Waals surface area contributed by atoms with E-state index in [1.165, 1.54) is 24.6 Å². The molecule has 5 aliphatic rings. The first-order chi connectivity index (χ1) is 25.0. The van der Waals surface area contributed by atoms with Crippen molar-refractivity contribution in [3.8, 4) is 0 Å². The molecule has 0 spiro atoms. The number of nitrogens with zero attached hydrogens (tertiary/aromatic N) is 6. The Bertz CT molecular complexity index is 1540. The number of nitrogen functional groups attached to an aromatic ring is 1. The molecule has 9 nitrogen and oxygen atoms in total. The van der Waals surface area contributed by atoms with Crippen LogP contribution < -0.4 is 21.9 Å². The monoisotopic (exact) mass is 729 g/mol. The Morgan fingerprint density at radius 1 is 0.846 bits per heavy atom. The Labute approximate surface area is 309 Å². The molecular formula is C40H63F3N8O. The third-order valence-electron chi connectivity index (χ3n) is 11.6. The molecular weight excluding hydrogens is 665 g/mol. The summed E-state index contributed by atoms with van der Waals surface area (Å²) in [7, 11) is 2.17. The number of halogens is 3. The van der Waals surface area contributed by atoms with Crippen molar-refractivity contribution < 1.29 is 13.2 Å². The lowest BCUT2D eigenvalue weighted by Gasteiger charge is -2.42. The Morgan fingerprint density at radius 2 is 1.46 bits per heavy atom. The summed E-state index contributed by atoms with van der Waals surface area (Å²) in [5.41, 5.74) is 13.6. The number of likely N-dealkylation sites (tertiary alicyclic amines) is 1. The fourth-order valence-corrected chi connectivity index (χ4v) is 8.36. The van der Waals surface area contributed by atoms with Gasteiger partial charge in [-0.25, -0.2) is 13.2 Å². The summed E-state index contributed by atoms with van der Waals surface area (Å²) in [6, 6.07) is 5.61. The Hall–Kier alpha value is -3.09. The third kappa shape index (κ3) is 9.34. The first-order valence-electron chi connectivity index (χ1n) is 19.9. The van der Waals surface area contributed by atoms with Crippen molar-refractivity contribution in [2.75, 3.05) is 76.6 Å². The number of anilines is 2. The molecule has 1 atom stereocenters. The van der Waals surface area contributed by atoms with Gasteiger partial charge < -0.3 is 26.2 Å². The summed E-state index contributed by atoms with van der Waals surface area (Å²) in [4.78, 5) is 28.0. The van der Waals surface area contributed by atoms with E-state index in [1.54, 1.807) is 17.6 Å². The highest BCUT2D eigenvalue weighted by molar-refractivity contribution is 6.02. The number of hydrogen-bond donors (Lipinski definition) is 2. The van der Waals surface area contributed by atoms with Crippen LogP contribution in [0.4, 0.5) is 24.7 Å². The number of hydrogen-bond acceptors (Lipinski definition) is 8. The van der Waals surface area contributed by atoms with Crippen molar-refractivity contribution in [3.05, 3.63) is 57.1 Å². The van der Waals surface area contributed by atoms with Crippen LogP contribution in [0.15, 0.2) is 34.1 Å². The molecule has 12 heteroatoms. The predicted octanol–water partition coefficient (Wildman–Crippen LogP) is 6.44. The number of rotatable bonds is 2. The minimum absolute atomic E-state index is 0.0554. The Balaban J connectivity index is 0.00000168. The lowest BCUT2D eigenvalue weighted by Crippen LogP contribution is -2.54. The lowest BCUT2D eigenvalue weighted by molar-refractivity contribution is -0.0880. The maximum Gasteiger partial charge on any atom is 0.278 e. The van der Waals surface area contributed by atoms with Crippen LogP contribution >= 0.6 is 0 Å². The van der Waals surface area contributed by atoms with Crippen LogP contribution in [0.2, 0.25) is 0 Å². The smallest absolute Gasteiger partial charge is 0.278 e. The molecule has 1 aromatic carbocycles. The van der Waals surface area contributed by atoms with E-state index in [1.807, 2.05) is 0 Å². The van der Waals surface area contributed by atoms with Crippen molar-refractivity contribution in [3.63, 3.8) is 0 Å². The highest BCUT2D eigenvalue weighted by Crippen LogP contribution is 2.44. The molecule has 7 rings (SSSR count). The van der Waals surface area contributed by atoms with E-state index in [0.717, 1.165) is 77.7 Å². The largest absolute Gasteiger partial charge is 0.384 e. The van der Waals surface area contributed by atoms with Crippen molar-refractivity contribution in [1.82, 2.24) is 19.3 Å². The number of amidine groups is 1. The minimum Gasteiger partial charge on any atom is -0.384 e. The SMILES string of the molecule is CCC.C[C@H]1N=C(N)c2cc(N3CCN(C4CCN(C)CC4)CC3)c(=O)n(c2N)CCCCCCCN2CCC(CC2)C(F)(F)c2cccc1c2F. The van der Waals surface area contributed by atoms with Gasteiger partial charge in [-0.1, -0.05) is 57.7 Å². The Morgan fingerprint density at radius 3 is 2.12 bits per heavy atom. The van der Waals surface area contributed by atoms with Crippen LogP contribution in [-0.2, 0) is 12.5 Å². The highest BCUT2D eigenvalue weighted by Gasteiger charge is 2.45. The van der Waals surface area contributed by atoms with Gasteiger partial charge in [0.15, 0.2) is 0 Å². The lowest BCUT2D eigenvalue weighted by atomic mass is 9.85. The van der Waals surface area contributed by atoms with Crippen LogP contribution in [0.3, 0.4) is 0 Å². The van der Waals surface area contributed by atoms with Crippen LogP contribution in [0.25, 0.3) is 0 Å². The second-order valence-corrected chi connectivity index (χ2v) is 15.5. The Kier molecular flexibility index (Phi) is 14.1. The summed E-state index contributed by atoms with van der Waals surface area (Å²) in [5, 5.41) is 0. The van der Waals surface area contributed by atoms with Crippen LogP contribution in [0.1, 0.15) is 108 Å². The number of aliphatic imine (C=N–C) groups is 1. The van der Waals surface area contributed by atoms with E-state index >= 15 is 13.2 Å². The summed E-state index contributed by atoms with van der Waals surface area (Å²) in [6.45, 7) is 13.8. The van der Waals surface area contributed by atoms with Gasteiger partial charge >= 0.3 is 0 Å². The molecule has 290 valence electrons. The molecule has 2 aromatic rings. The minimum atomic E-state index is -3.30. The summed E-state index contributed by atoms with van der Waals surface area (Å²) in [6.07, 6.45) is 9.00. The predicted molar refractivity (Wildman–Crippen MR) is 207 cm³/mol. The van der Waals surface area contributed by atoms with Crippen LogP contribution in [-0.4, -0.2) is 97.1 Å². The molecule has 3 fully saturated rings. The molecule has 5 aliphatic heterocycles. The van der Waals surface area contributed by atoms with Crippen molar-refractivity contribution in [1.29, 1.82) is 0 Å². The van der Waals surface area contributed by atoms with Gasteiger partial charge in [0.05, 0.1) is 17.2 Å². The molecule has 0 unspecified atom stereocenters. The number of pyridine rings is 1. The molecule has 0 amide bonds. The van der Waals surface area contributed by atoms with Gasteiger partial charge in [-0.3, -0.25) is 19.3 Å². The number of aromatic nitrogens is 1. The van der Waals surface area contributed by atoms with Gasteiger partial charge in [-0.15, -0.1) is 0 Å². The number of nitrogens with two attached hydrogens (primary N) is 2. The molecule has 0 saturated carbocycles. The van der Waals surface area contributed by atoms with Gasteiger partial charge in [0.25, 0.3) is 11.5 Å². The van der Waals surface area contributed by atoms with E-state index in [-0.39, 0.29) is 22.8 Å². The molecule has 6 heterocycles. The van der Waals surface area contributed by atoms with Gasteiger partial charge in [0, 0.05) is 50.2 Å². The second-order valence-electron chi connectivity index (χ2n) is 15.5. The third-order valence-corrected chi connectivity index (χ3v) is 11.6. The number of benzene rings is 1. The van der Waals surface area contributed by atoms with Crippen LogP contribution in [0.5, 0.6) is 0 Å². The average Bonchev–Trinajstić information content (AvgIpc) is 3.13. The fraction of sp³-hybridized carbons (Fsp3) is 0.700. The molecule has 0 aliphatic carbocycles. The van der Waals surface area contributed by atoms with Gasteiger partial charge in [0.1, 0.15) is 23.2 Å². The molecule has 6 bridgehead atoms. The van der Waals surface area contributed by atoms with Crippen molar-refractivity contribution in [2.45, 2.75) is 110 Å². The molecule has 52 heavy (non-hydrogen) atoms. The van der Waals surface area contributed by atoms with E-state index in [2.05, 4.69) is 45.5 Å². The first-order valence-corrected chi connectivity index (χ1v) is 19.9. The normalized spacial score (nSPS) is 25.8.